The summed E-state index contributed by atoms with van der Waals surface area (Å²) in [5.74, 6) is 0. The molecular formula is C15H13BrClN3. The topological polar surface area (TPSA) is 43.8 Å². The van der Waals surface area contributed by atoms with Crippen LogP contribution >= 0.6 is 27.5 Å². The van der Waals surface area contributed by atoms with Gasteiger partial charge >= 0.3 is 0 Å². The highest BCUT2D eigenvalue weighted by Gasteiger charge is 2.08. The third-order valence-electron chi connectivity index (χ3n) is 3.26. The van der Waals surface area contributed by atoms with Crippen LogP contribution in [0.2, 0.25) is 5.02 Å². The lowest BCUT2D eigenvalue weighted by Gasteiger charge is -2.06. The average molecular weight is 351 g/mol. The van der Waals surface area contributed by atoms with Gasteiger partial charge in [0.2, 0.25) is 0 Å². The van der Waals surface area contributed by atoms with Crippen LogP contribution in [0.4, 0.5) is 0 Å². The number of hydrogen-bond acceptors (Lipinski definition) is 2. The maximum absolute atomic E-state index is 6.11. The van der Waals surface area contributed by atoms with E-state index in [9.17, 15) is 0 Å². The first-order valence-electron chi connectivity index (χ1n) is 6.24. The molecule has 3 aromatic rings. The van der Waals surface area contributed by atoms with Gasteiger partial charge in [0.25, 0.3) is 0 Å². The number of nitrogens with two attached hydrogens (primary N) is 1. The third kappa shape index (κ3) is 2.59. The van der Waals surface area contributed by atoms with Crippen LogP contribution in [0, 0.1) is 0 Å². The molecule has 0 radical (unpaired) electrons. The largest absolute Gasteiger partial charge is 0.343 e. The fourth-order valence-electron chi connectivity index (χ4n) is 2.37. The zero-order valence-electron chi connectivity index (χ0n) is 10.7. The Morgan fingerprint density at radius 1 is 1.25 bits per heavy atom. The molecule has 1 aromatic carbocycles. The first-order valence-corrected chi connectivity index (χ1v) is 7.41. The molecule has 5 heteroatoms. The van der Waals surface area contributed by atoms with Gasteiger partial charge in [0.05, 0.1) is 5.52 Å². The summed E-state index contributed by atoms with van der Waals surface area (Å²) in [6.07, 6.45) is 5.73. The Labute approximate surface area is 130 Å². The van der Waals surface area contributed by atoms with E-state index in [1.54, 1.807) is 6.20 Å². The molecule has 0 fully saturated rings. The van der Waals surface area contributed by atoms with E-state index in [4.69, 9.17) is 17.3 Å². The van der Waals surface area contributed by atoms with Crippen LogP contribution in [0.15, 0.2) is 47.3 Å². The monoisotopic (exact) mass is 349 g/mol. The fraction of sp³-hybridized carbons (Fsp3) is 0.133. The van der Waals surface area contributed by atoms with Gasteiger partial charge in [-0.1, -0.05) is 17.7 Å². The molecular weight excluding hydrogens is 338 g/mol. The maximum Gasteiger partial charge on any atom is 0.0501 e. The van der Waals surface area contributed by atoms with Crippen molar-refractivity contribution in [2.75, 3.05) is 0 Å². The van der Waals surface area contributed by atoms with Crippen LogP contribution in [-0.2, 0) is 13.1 Å². The number of hydrogen-bond donors (Lipinski definition) is 1. The zero-order chi connectivity index (χ0) is 14.1. The number of fused-ring (bicyclic) bond motifs is 1. The number of rotatable bonds is 3. The lowest BCUT2D eigenvalue weighted by atomic mass is 10.2. The van der Waals surface area contributed by atoms with Crippen LogP contribution in [0.25, 0.3) is 10.9 Å². The molecule has 2 heterocycles. The Bertz CT molecular complexity index is 767. The fourth-order valence-corrected chi connectivity index (χ4v) is 2.95. The predicted octanol–water partition coefficient (Wildman–Crippen LogP) is 3.96. The van der Waals surface area contributed by atoms with Crippen LogP contribution in [0.3, 0.4) is 0 Å². The second kappa shape index (κ2) is 5.56. The Morgan fingerprint density at radius 3 is 2.85 bits per heavy atom. The van der Waals surface area contributed by atoms with Gasteiger partial charge < -0.3 is 10.3 Å². The van der Waals surface area contributed by atoms with Gasteiger partial charge in [0, 0.05) is 46.6 Å². The summed E-state index contributed by atoms with van der Waals surface area (Å²) < 4.78 is 3.14. The summed E-state index contributed by atoms with van der Waals surface area (Å²) in [7, 11) is 0. The van der Waals surface area contributed by atoms with E-state index in [0.717, 1.165) is 38.1 Å². The van der Waals surface area contributed by atoms with Crippen molar-refractivity contribution in [2.24, 2.45) is 5.73 Å². The van der Waals surface area contributed by atoms with E-state index in [-0.39, 0.29) is 0 Å². The lowest BCUT2D eigenvalue weighted by molar-refractivity contribution is 0.824. The molecule has 2 aromatic heterocycles. The van der Waals surface area contributed by atoms with Crippen molar-refractivity contribution >= 4 is 38.4 Å². The molecule has 0 unspecified atom stereocenters. The van der Waals surface area contributed by atoms with Crippen LogP contribution in [0.1, 0.15) is 11.1 Å². The van der Waals surface area contributed by atoms with E-state index in [2.05, 4.69) is 37.7 Å². The molecule has 102 valence electrons. The number of halogens is 2. The van der Waals surface area contributed by atoms with Crippen molar-refractivity contribution in [1.82, 2.24) is 9.55 Å². The van der Waals surface area contributed by atoms with Crippen molar-refractivity contribution in [3.8, 4) is 0 Å². The summed E-state index contributed by atoms with van der Waals surface area (Å²) in [4.78, 5) is 4.19. The Hall–Kier alpha value is -1.36. The highest BCUT2D eigenvalue weighted by Crippen LogP contribution is 2.25. The standard InChI is InChI=1S/C15H13BrClN3/c16-12-3-10(6-19-7-12)8-20-9-11(5-18)14-2-1-13(17)4-15(14)20/h1-4,6-7,9H,5,8,18H2. The smallest absolute Gasteiger partial charge is 0.0501 e. The average Bonchev–Trinajstić information content (AvgIpc) is 2.76. The minimum absolute atomic E-state index is 0.516. The molecule has 20 heavy (non-hydrogen) atoms. The second-order valence-electron chi connectivity index (χ2n) is 4.66. The van der Waals surface area contributed by atoms with E-state index >= 15 is 0 Å². The molecule has 0 saturated heterocycles. The SMILES string of the molecule is NCc1cn(Cc2cncc(Br)c2)c2cc(Cl)ccc12. The van der Waals surface area contributed by atoms with Crippen molar-refractivity contribution in [3.05, 3.63) is 63.5 Å². The molecule has 0 saturated carbocycles. The normalized spacial score (nSPS) is 11.2. The third-order valence-corrected chi connectivity index (χ3v) is 3.93. The number of benzene rings is 1. The Balaban J connectivity index is 2.09. The summed E-state index contributed by atoms with van der Waals surface area (Å²) >= 11 is 9.55. The van der Waals surface area contributed by atoms with Gasteiger partial charge in [-0.3, -0.25) is 4.98 Å². The molecule has 0 amide bonds. The summed E-state index contributed by atoms with van der Waals surface area (Å²) in [5, 5.41) is 1.88. The van der Waals surface area contributed by atoms with Gasteiger partial charge in [0.1, 0.15) is 0 Å². The van der Waals surface area contributed by atoms with E-state index in [0.29, 0.717) is 6.54 Å². The minimum atomic E-state index is 0.516. The molecule has 0 aliphatic heterocycles. The molecule has 2 N–H and O–H groups in total. The van der Waals surface area contributed by atoms with E-state index in [1.807, 2.05) is 24.4 Å². The lowest BCUT2D eigenvalue weighted by Crippen LogP contribution is -1.99. The van der Waals surface area contributed by atoms with E-state index in [1.165, 1.54) is 0 Å². The predicted molar refractivity (Wildman–Crippen MR) is 85.9 cm³/mol. The summed E-state index contributed by atoms with van der Waals surface area (Å²) in [5.41, 5.74) is 9.16. The summed E-state index contributed by atoms with van der Waals surface area (Å²) in [6.45, 7) is 1.26. The highest BCUT2D eigenvalue weighted by molar-refractivity contribution is 9.10. The first-order chi connectivity index (χ1) is 9.67. The minimum Gasteiger partial charge on any atom is -0.343 e. The van der Waals surface area contributed by atoms with Gasteiger partial charge in [-0.25, -0.2) is 0 Å². The number of aromatic nitrogens is 2. The molecule has 0 atom stereocenters. The van der Waals surface area contributed by atoms with Crippen molar-refractivity contribution < 1.29 is 0 Å². The molecule has 3 rings (SSSR count). The first kappa shape index (κ1) is 13.6. The Morgan fingerprint density at radius 2 is 2.10 bits per heavy atom. The molecule has 0 bridgehead atoms. The zero-order valence-corrected chi connectivity index (χ0v) is 13.0. The number of nitrogens with zero attached hydrogens (tertiary/aromatic N) is 2. The van der Waals surface area contributed by atoms with Crippen molar-refractivity contribution in [1.29, 1.82) is 0 Å². The molecule has 0 aliphatic rings. The van der Waals surface area contributed by atoms with Gasteiger partial charge in [0.15, 0.2) is 0 Å². The van der Waals surface area contributed by atoms with Crippen molar-refractivity contribution in [3.63, 3.8) is 0 Å². The quantitative estimate of drug-likeness (QED) is 0.777. The molecule has 3 nitrogen and oxygen atoms in total. The maximum atomic E-state index is 6.11. The second-order valence-corrected chi connectivity index (χ2v) is 6.01. The Kier molecular flexibility index (Phi) is 3.78. The molecule has 0 spiro atoms. The summed E-state index contributed by atoms with van der Waals surface area (Å²) in [6, 6.07) is 7.95. The van der Waals surface area contributed by atoms with Crippen molar-refractivity contribution in [2.45, 2.75) is 13.1 Å². The van der Waals surface area contributed by atoms with Crippen LogP contribution in [0.5, 0.6) is 0 Å². The van der Waals surface area contributed by atoms with Crippen LogP contribution in [-0.4, -0.2) is 9.55 Å². The van der Waals surface area contributed by atoms with E-state index < -0.39 is 0 Å². The van der Waals surface area contributed by atoms with Gasteiger partial charge in [-0.05, 0) is 45.3 Å². The highest BCUT2D eigenvalue weighted by atomic mass is 79.9. The van der Waals surface area contributed by atoms with Gasteiger partial charge in [-0.15, -0.1) is 0 Å². The van der Waals surface area contributed by atoms with Crippen LogP contribution < -0.4 is 5.73 Å². The van der Waals surface area contributed by atoms with Gasteiger partial charge in [-0.2, -0.15) is 0 Å². The number of pyridine rings is 1. The molecule has 0 aliphatic carbocycles.